The van der Waals surface area contributed by atoms with Crippen molar-refractivity contribution in [2.24, 2.45) is 0 Å². The second kappa shape index (κ2) is 20.3. The monoisotopic (exact) mass is 563 g/mol. The molecule has 1 atom stereocenters. The molecule has 0 heterocycles. The zero-order valence-electron chi connectivity index (χ0n) is 21.2. The van der Waals surface area contributed by atoms with Crippen LogP contribution >= 0.6 is 47.0 Å². The fourth-order valence-corrected chi connectivity index (χ4v) is 4.47. The van der Waals surface area contributed by atoms with Crippen LogP contribution < -0.4 is 16.0 Å². The van der Waals surface area contributed by atoms with Gasteiger partial charge in [-0.1, -0.05) is 150 Å². The molecule has 0 spiro atoms. The molecule has 0 aromatic heterocycles. The van der Waals surface area contributed by atoms with E-state index in [1.807, 2.05) is 30.3 Å². The second-order valence-corrected chi connectivity index (χ2v) is 12.0. The number of unbranched alkanes of at least 4 members (excludes halogenated alkanes) is 14. The Morgan fingerprint density at radius 1 is 0.771 bits per heavy atom. The number of alkyl halides is 3. The number of nitrogens with one attached hydrogen (secondary N) is 3. The maximum atomic E-state index is 12.4. The first-order valence-electron chi connectivity index (χ1n) is 13.3. The third kappa shape index (κ3) is 18.2. The highest BCUT2D eigenvalue weighted by atomic mass is 35.6. The highest BCUT2D eigenvalue weighted by Crippen LogP contribution is 2.29. The molecule has 200 valence electrons. The van der Waals surface area contributed by atoms with Gasteiger partial charge >= 0.3 is 0 Å². The van der Waals surface area contributed by atoms with Gasteiger partial charge in [0.15, 0.2) is 5.11 Å². The molecule has 1 aromatic carbocycles. The minimum absolute atomic E-state index is 0.161. The van der Waals surface area contributed by atoms with Gasteiger partial charge in [0.05, 0.1) is 0 Å². The smallest absolute Gasteiger partial charge is 0.228 e. The van der Waals surface area contributed by atoms with Crippen molar-refractivity contribution >= 4 is 63.7 Å². The molecule has 35 heavy (non-hydrogen) atoms. The van der Waals surface area contributed by atoms with Crippen LogP contribution in [0.15, 0.2) is 30.3 Å². The van der Waals surface area contributed by atoms with E-state index >= 15 is 0 Å². The quantitative estimate of drug-likeness (QED) is 0.0679. The van der Waals surface area contributed by atoms with Crippen molar-refractivity contribution in [2.75, 3.05) is 5.32 Å². The molecule has 0 fully saturated rings. The molecule has 0 saturated carbocycles. The number of benzene rings is 1. The molecule has 0 radical (unpaired) electrons. The zero-order valence-corrected chi connectivity index (χ0v) is 24.3. The van der Waals surface area contributed by atoms with Gasteiger partial charge in [-0.3, -0.25) is 4.79 Å². The predicted octanol–water partition coefficient (Wildman–Crippen LogP) is 9.05. The number of anilines is 1. The van der Waals surface area contributed by atoms with Gasteiger partial charge in [-0.25, -0.2) is 0 Å². The Kier molecular flexibility index (Phi) is 18.7. The summed E-state index contributed by atoms with van der Waals surface area (Å²) in [6.07, 6.45) is 18.8. The summed E-state index contributed by atoms with van der Waals surface area (Å²) in [4.78, 5) is 12.4. The van der Waals surface area contributed by atoms with Gasteiger partial charge in [0, 0.05) is 12.1 Å². The van der Waals surface area contributed by atoms with E-state index < -0.39 is 9.96 Å². The molecular formula is C27H44Cl3N3OS. The van der Waals surface area contributed by atoms with Crippen LogP contribution in [0.2, 0.25) is 0 Å². The molecule has 4 nitrogen and oxygen atoms in total. The average molecular weight is 565 g/mol. The van der Waals surface area contributed by atoms with E-state index in [1.165, 1.54) is 77.0 Å². The van der Waals surface area contributed by atoms with Gasteiger partial charge in [0.25, 0.3) is 0 Å². The van der Waals surface area contributed by atoms with Crippen molar-refractivity contribution in [2.45, 2.75) is 120 Å². The fourth-order valence-electron chi connectivity index (χ4n) is 3.91. The Balaban J connectivity index is 2.08. The molecule has 0 aliphatic carbocycles. The molecule has 0 bridgehead atoms. The summed E-state index contributed by atoms with van der Waals surface area (Å²) in [7, 11) is 0. The van der Waals surface area contributed by atoms with Crippen LogP contribution in [0.4, 0.5) is 5.69 Å². The van der Waals surface area contributed by atoms with Crippen molar-refractivity contribution in [1.82, 2.24) is 10.6 Å². The normalized spacial score (nSPS) is 12.2. The van der Waals surface area contributed by atoms with Crippen LogP contribution in [0.3, 0.4) is 0 Å². The largest absolute Gasteiger partial charge is 0.339 e. The van der Waals surface area contributed by atoms with E-state index in [1.54, 1.807) is 0 Å². The van der Waals surface area contributed by atoms with Crippen molar-refractivity contribution in [3.05, 3.63) is 30.3 Å². The first-order chi connectivity index (χ1) is 16.8. The maximum Gasteiger partial charge on any atom is 0.228 e. The number of hydrogen-bond acceptors (Lipinski definition) is 2. The molecule has 3 N–H and O–H groups in total. The summed E-state index contributed by atoms with van der Waals surface area (Å²) in [5.74, 6) is -0.161. The van der Waals surface area contributed by atoms with E-state index in [-0.39, 0.29) is 11.0 Å². The van der Waals surface area contributed by atoms with Crippen molar-refractivity contribution in [3.8, 4) is 0 Å². The molecular weight excluding hydrogens is 521 g/mol. The molecule has 0 unspecified atom stereocenters. The van der Waals surface area contributed by atoms with Crippen LogP contribution in [0.25, 0.3) is 0 Å². The van der Waals surface area contributed by atoms with Crippen LogP contribution in [-0.4, -0.2) is 21.0 Å². The number of carbonyl (C=O) groups is 1. The lowest BCUT2D eigenvalue weighted by molar-refractivity contribution is -0.122. The van der Waals surface area contributed by atoms with Crippen LogP contribution in [0.5, 0.6) is 0 Å². The van der Waals surface area contributed by atoms with Crippen LogP contribution in [0, 0.1) is 0 Å². The number of hydrogen-bond donors (Lipinski definition) is 3. The van der Waals surface area contributed by atoms with Crippen molar-refractivity contribution in [1.29, 1.82) is 0 Å². The summed E-state index contributed by atoms with van der Waals surface area (Å²) in [6.45, 7) is 2.27. The van der Waals surface area contributed by atoms with E-state index in [9.17, 15) is 4.79 Å². The Labute approximate surface area is 233 Å². The minimum atomic E-state index is -1.74. The lowest BCUT2D eigenvalue weighted by Crippen LogP contribution is -2.56. The Morgan fingerprint density at radius 3 is 1.69 bits per heavy atom. The Hall–Kier alpha value is -0.750. The summed E-state index contributed by atoms with van der Waals surface area (Å²) < 4.78 is -1.74. The van der Waals surface area contributed by atoms with Crippen molar-refractivity contribution in [3.63, 3.8) is 0 Å². The summed E-state index contributed by atoms with van der Waals surface area (Å²) >= 11 is 23.5. The van der Waals surface area contributed by atoms with Gasteiger partial charge in [-0.05, 0) is 30.8 Å². The zero-order chi connectivity index (χ0) is 25.8. The lowest BCUT2D eigenvalue weighted by atomic mass is 10.0. The molecule has 1 rings (SSSR count). The molecule has 0 aliphatic heterocycles. The molecule has 1 amide bonds. The van der Waals surface area contributed by atoms with E-state index in [0.717, 1.165) is 24.9 Å². The van der Waals surface area contributed by atoms with Gasteiger partial charge < -0.3 is 16.0 Å². The molecule has 1 aromatic rings. The highest BCUT2D eigenvalue weighted by molar-refractivity contribution is 7.80. The first-order valence-corrected chi connectivity index (χ1v) is 14.9. The highest BCUT2D eigenvalue weighted by Gasteiger charge is 2.34. The van der Waals surface area contributed by atoms with Gasteiger partial charge in [0.1, 0.15) is 6.17 Å². The minimum Gasteiger partial charge on any atom is -0.339 e. The summed E-state index contributed by atoms with van der Waals surface area (Å²) in [5.41, 5.74) is 0.803. The second-order valence-electron chi connectivity index (χ2n) is 9.21. The standard InChI is InChI=1S/C27H44Cl3N3OS/c1-2-3-4-5-6-7-8-9-10-11-12-13-14-15-19-22-24(34)32-25(27(28,29)30)33-26(35)31-23-20-17-16-18-21-23/h16-18,20-21,25H,2-15,19,22H2,1H3,(H,32,34)(H2,31,33,35)/t25-/m1/s1. The van der Waals surface area contributed by atoms with E-state index in [2.05, 4.69) is 22.9 Å². The van der Waals surface area contributed by atoms with Gasteiger partial charge in [-0.2, -0.15) is 0 Å². The number of halogens is 3. The maximum absolute atomic E-state index is 12.4. The Bertz CT molecular complexity index is 686. The number of para-hydroxylation sites is 1. The third-order valence-electron chi connectivity index (χ3n) is 5.95. The predicted molar refractivity (Wildman–Crippen MR) is 158 cm³/mol. The fraction of sp³-hybridized carbons (Fsp3) is 0.704. The topological polar surface area (TPSA) is 53.2 Å². The molecule has 0 saturated heterocycles. The van der Waals surface area contributed by atoms with E-state index in [4.69, 9.17) is 47.0 Å². The van der Waals surface area contributed by atoms with Gasteiger partial charge in [0.2, 0.25) is 9.70 Å². The van der Waals surface area contributed by atoms with Crippen LogP contribution in [0.1, 0.15) is 110 Å². The Morgan fingerprint density at radius 2 is 1.23 bits per heavy atom. The van der Waals surface area contributed by atoms with Gasteiger partial charge in [-0.15, -0.1) is 0 Å². The number of thiocarbonyl (C=S) groups is 1. The molecule has 0 aliphatic rings. The van der Waals surface area contributed by atoms with E-state index in [0.29, 0.717) is 6.42 Å². The average Bonchev–Trinajstić information content (AvgIpc) is 2.81. The van der Waals surface area contributed by atoms with Crippen LogP contribution in [-0.2, 0) is 4.79 Å². The summed E-state index contributed by atoms with van der Waals surface area (Å²) in [6, 6.07) is 9.41. The lowest BCUT2D eigenvalue weighted by Gasteiger charge is -2.27. The number of amides is 1. The number of rotatable bonds is 19. The van der Waals surface area contributed by atoms with Crippen molar-refractivity contribution < 1.29 is 4.79 Å². The number of carbonyl (C=O) groups excluding carboxylic acids is 1. The molecule has 8 heteroatoms. The SMILES string of the molecule is CCCCCCCCCCCCCCCCCC(=O)N[C@H](NC(=S)Nc1ccccc1)C(Cl)(Cl)Cl. The summed E-state index contributed by atoms with van der Waals surface area (Å²) in [5, 5.41) is 8.91. The third-order valence-corrected chi connectivity index (χ3v) is 6.82. The first kappa shape index (κ1) is 32.3.